The highest BCUT2D eigenvalue weighted by atomic mass is 32.2. The van der Waals surface area contributed by atoms with Crippen molar-refractivity contribution < 1.29 is 24.0 Å². The zero-order valence-corrected chi connectivity index (χ0v) is 19.4. The van der Waals surface area contributed by atoms with Gasteiger partial charge in [-0.15, -0.1) is 0 Å². The Bertz CT molecular complexity index is 1410. The van der Waals surface area contributed by atoms with Crippen molar-refractivity contribution in [1.82, 2.24) is 14.8 Å². The fourth-order valence-electron chi connectivity index (χ4n) is 3.37. The molecule has 4 aromatic rings. The van der Waals surface area contributed by atoms with Crippen LogP contribution in [0.5, 0.6) is 0 Å². The Kier molecular flexibility index (Phi) is 6.88. The molecule has 0 aliphatic heterocycles. The van der Waals surface area contributed by atoms with Crippen LogP contribution in [-0.4, -0.2) is 45.8 Å². The van der Waals surface area contributed by atoms with Crippen LogP contribution in [0.25, 0.3) is 16.9 Å². The van der Waals surface area contributed by atoms with E-state index in [4.69, 9.17) is 9.47 Å². The average Bonchev–Trinajstić information content (AvgIpc) is 3.29. The van der Waals surface area contributed by atoms with E-state index in [0.717, 1.165) is 0 Å². The van der Waals surface area contributed by atoms with E-state index in [1.807, 2.05) is 0 Å². The van der Waals surface area contributed by atoms with Crippen LogP contribution in [0, 0.1) is 10.1 Å². The second-order valence-corrected chi connectivity index (χ2v) is 8.07. The van der Waals surface area contributed by atoms with E-state index in [9.17, 15) is 19.7 Å². The van der Waals surface area contributed by atoms with Gasteiger partial charge in [0.25, 0.3) is 5.69 Å². The Balaban J connectivity index is 2.04. The largest absolute Gasteiger partial charge is 0.465 e. The number of aromatic nitrogens is 3. The number of esters is 2. The first-order valence-corrected chi connectivity index (χ1v) is 11.0. The average molecular weight is 490 g/mol. The fraction of sp³-hybridized carbons (Fsp3) is 0.0833. The molecule has 0 spiro atoms. The first kappa shape index (κ1) is 23.6. The number of ether oxygens (including phenoxy) is 2. The lowest BCUT2D eigenvalue weighted by Gasteiger charge is -2.09. The zero-order chi connectivity index (χ0) is 24.9. The molecular weight excluding hydrogens is 472 g/mol. The molecule has 0 bridgehead atoms. The molecule has 4 rings (SSSR count). The van der Waals surface area contributed by atoms with Gasteiger partial charge in [0.15, 0.2) is 5.69 Å². The third kappa shape index (κ3) is 4.75. The summed E-state index contributed by atoms with van der Waals surface area (Å²) in [6, 6.07) is 18.2. The zero-order valence-electron chi connectivity index (χ0n) is 18.6. The second kappa shape index (κ2) is 10.2. The first-order chi connectivity index (χ1) is 16.9. The molecule has 0 aliphatic rings. The van der Waals surface area contributed by atoms with Crippen molar-refractivity contribution in [1.29, 1.82) is 0 Å². The number of hydrogen-bond donors (Lipinski definition) is 0. The van der Waals surface area contributed by atoms with Crippen molar-refractivity contribution in [2.24, 2.45) is 0 Å². The van der Waals surface area contributed by atoms with Crippen molar-refractivity contribution in [2.45, 2.75) is 9.92 Å². The molecule has 0 saturated heterocycles. The number of hydrogen-bond acceptors (Lipinski definition) is 9. The van der Waals surface area contributed by atoms with Crippen LogP contribution in [0.3, 0.4) is 0 Å². The number of nitro groups is 1. The standard InChI is InChI=1S/C24H18N4O6S/c1-33-23(29)20-21(26-27(22(20)24(30)34-2)15-8-4-3-5-9-15)17-14-16(28(31)32)11-12-18(17)35-19-10-6-7-13-25-19/h3-14H,1-2H3. The number of benzene rings is 2. The minimum atomic E-state index is -0.845. The summed E-state index contributed by atoms with van der Waals surface area (Å²) in [6.07, 6.45) is 1.62. The van der Waals surface area contributed by atoms with Crippen LogP contribution < -0.4 is 0 Å². The summed E-state index contributed by atoms with van der Waals surface area (Å²) in [5, 5.41) is 16.7. The monoisotopic (exact) mass is 490 g/mol. The van der Waals surface area contributed by atoms with Crippen LogP contribution in [0.2, 0.25) is 0 Å². The van der Waals surface area contributed by atoms with Crippen LogP contribution >= 0.6 is 11.8 Å². The molecular formula is C24H18N4O6S. The van der Waals surface area contributed by atoms with Gasteiger partial charge in [0.2, 0.25) is 0 Å². The van der Waals surface area contributed by atoms with Gasteiger partial charge in [-0.05, 0) is 30.3 Å². The minimum Gasteiger partial charge on any atom is -0.465 e. The number of rotatable bonds is 7. The van der Waals surface area contributed by atoms with E-state index in [2.05, 4.69) is 10.1 Å². The minimum absolute atomic E-state index is 0.0308. The van der Waals surface area contributed by atoms with Gasteiger partial charge in [0.05, 0.1) is 24.8 Å². The third-order valence-corrected chi connectivity index (χ3v) is 5.96. The highest BCUT2D eigenvalue weighted by molar-refractivity contribution is 7.99. The van der Waals surface area contributed by atoms with Crippen molar-refractivity contribution in [2.75, 3.05) is 14.2 Å². The fourth-order valence-corrected chi connectivity index (χ4v) is 4.26. The van der Waals surface area contributed by atoms with Gasteiger partial charge in [-0.1, -0.05) is 36.0 Å². The molecule has 0 fully saturated rings. The van der Waals surface area contributed by atoms with Gasteiger partial charge in [-0.2, -0.15) is 5.10 Å². The van der Waals surface area contributed by atoms with Crippen molar-refractivity contribution in [3.05, 3.63) is 94.3 Å². The molecule has 2 heterocycles. The van der Waals surface area contributed by atoms with E-state index >= 15 is 0 Å². The SMILES string of the molecule is COC(=O)c1c(-c2cc([N+](=O)[O-])ccc2Sc2ccccn2)nn(-c2ccccc2)c1C(=O)OC. The van der Waals surface area contributed by atoms with Gasteiger partial charge in [-0.25, -0.2) is 19.3 Å². The van der Waals surface area contributed by atoms with Crippen LogP contribution in [-0.2, 0) is 9.47 Å². The number of methoxy groups -OCH3 is 2. The summed E-state index contributed by atoms with van der Waals surface area (Å²) in [7, 11) is 2.35. The van der Waals surface area contributed by atoms with Gasteiger partial charge >= 0.3 is 11.9 Å². The van der Waals surface area contributed by atoms with Crippen LogP contribution in [0.4, 0.5) is 5.69 Å². The Labute approximate surface area is 203 Å². The van der Waals surface area contributed by atoms with Gasteiger partial charge in [0, 0.05) is 28.8 Å². The summed E-state index contributed by atoms with van der Waals surface area (Å²) >= 11 is 1.23. The molecule has 0 N–H and O–H groups in total. The number of pyridine rings is 1. The molecule has 0 unspecified atom stereocenters. The van der Waals surface area contributed by atoms with Crippen molar-refractivity contribution >= 4 is 29.4 Å². The summed E-state index contributed by atoms with van der Waals surface area (Å²) in [4.78, 5) is 41.6. The smallest absolute Gasteiger partial charge is 0.357 e. The number of carbonyl (C=O) groups is 2. The molecule has 0 amide bonds. The lowest BCUT2D eigenvalue weighted by atomic mass is 10.0. The van der Waals surface area contributed by atoms with Crippen molar-refractivity contribution in [3.63, 3.8) is 0 Å². The quantitative estimate of drug-likeness (QED) is 0.208. The topological polar surface area (TPSA) is 126 Å². The van der Waals surface area contributed by atoms with E-state index in [1.165, 1.54) is 42.8 Å². The Morgan fingerprint density at radius 3 is 2.31 bits per heavy atom. The molecule has 0 atom stereocenters. The van der Waals surface area contributed by atoms with E-state index < -0.39 is 16.9 Å². The Morgan fingerprint density at radius 2 is 1.69 bits per heavy atom. The molecule has 11 heteroatoms. The summed E-state index contributed by atoms with van der Waals surface area (Å²) in [5.41, 5.74) is 0.217. The number of para-hydroxylation sites is 1. The van der Waals surface area contributed by atoms with Gasteiger partial charge in [0.1, 0.15) is 16.3 Å². The number of carbonyl (C=O) groups excluding carboxylic acids is 2. The molecule has 0 aliphatic carbocycles. The highest BCUT2D eigenvalue weighted by Crippen LogP contribution is 2.39. The second-order valence-electron chi connectivity index (χ2n) is 7.01. The summed E-state index contributed by atoms with van der Waals surface area (Å²) in [6.45, 7) is 0. The third-order valence-electron chi connectivity index (χ3n) is 4.94. The number of nitrogens with zero attached hydrogens (tertiary/aromatic N) is 4. The number of non-ortho nitro benzene ring substituents is 1. The number of nitro benzene ring substituents is 1. The predicted octanol–water partition coefficient (Wildman–Crippen LogP) is 4.57. The maximum Gasteiger partial charge on any atom is 0.357 e. The molecule has 2 aromatic heterocycles. The van der Waals surface area contributed by atoms with Crippen LogP contribution in [0.1, 0.15) is 20.8 Å². The van der Waals surface area contributed by atoms with E-state index in [-0.39, 0.29) is 28.2 Å². The lowest BCUT2D eigenvalue weighted by molar-refractivity contribution is -0.384. The Morgan fingerprint density at radius 1 is 0.971 bits per heavy atom. The predicted molar refractivity (Wildman–Crippen MR) is 127 cm³/mol. The van der Waals surface area contributed by atoms with Gasteiger partial charge < -0.3 is 9.47 Å². The van der Waals surface area contributed by atoms with Crippen LogP contribution in [0.15, 0.2) is 82.8 Å². The van der Waals surface area contributed by atoms with Crippen molar-refractivity contribution in [3.8, 4) is 16.9 Å². The van der Waals surface area contributed by atoms with Gasteiger partial charge in [-0.3, -0.25) is 10.1 Å². The normalized spacial score (nSPS) is 10.6. The molecule has 10 nitrogen and oxygen atoms in total. The first-order valence-electron chi connectivity index (χ1n) is 10.2. The van der Waals surface area contributed by atoms with E-state index in [0.29, 0.717) is 15.6 Å². The molecule has 0 radical (unpaired) electrons. The lowest BCUT2D eigenvalue weighted by Crippen LogP contribution is -2.15. The molecule has 2 aromatic carbocycles. The molecule has 0 saturated carbocycles. The summed E-state index contributed by atoms with van der Waals surface area (Å²) in [5.74, 6) is -1.67. The summed E-state index contributed by atoms with van der Waals surface area (Å²) < 4.78 is 11.2. The maximum atomic E-state index is 12.9. The maximum absolute atomic E-state index is 12.9. The molecule has 35 heavy (non-hydrogen) atoms. The molecule has 176 valence electrons. The highest BCUT2D eigenvalue weighted by Gasteiger charge is 2.33. The Hall–Kier alpha value is -4.51. The van der Waals surface area contributed by atoms with E-state index in [1.54, 1.807) is 60.8 Å².